The van der Waals surface area contributed by atoms with Gasteiger partial charge in [-0.2, -0.15) is 0 Å². The van der Waals surface area contributed by atoms with Crippen molar-refractivity contribution in [1.82, 2.24) is 5.32 Å². The van der Waals surface area contributed by atoms with E-state index in [0.29, 0.717) is 5.70 Å². The first-order valence-electron chi connectivity index (χ1n) is 6.52. The van der Waals surface area contributed by atoms with Gasteiger partial charge in [-0.1, -0.05) is 6.92 Å². The Hall–Kier alpha value is -1.65. The highest BCUT2D eigenvalue weighted by atomic mass is 16.4. The summed E-state index contributed by atoms with van der Waals surface area (Å²) < 4.78 is 0. The first-order chi connectivity index (χ1) is 8.80. The van der Waals surface area contributed by atoms with Crippen LogP contribution in [0.1, 0.15) is 46.5 Å². The quantitative estimate of drug-likeness (QED) is 0.525. The molecule has 0 saturated heterocycles. The van der Waals surface area contributed by atoms with Gasteiger partial charge in [-0.25, -0.2) is 4.79 Å². The second-order valence-electron chi connectivity index (χ2n) is 5.52. The molecule has 0 bridgehead atoms. The van der Waals surface area contributed by atoms with Gasteiger partial charge >= 0.3 is 5.97 Å². The topological polar surface area (TPSA) is 90.3 Å². The molecular formula is C14H22N2O3. The molecule has 19 heavy (non-hydrogen) atoms. The average molecular weight is 266 g/mol. The second kappa shape index (κ2) is 5.99. The Balaban J connectivity index is 2.66. The summed E-state index contributed by atoms with van der Waals surface area (Å²) in [5.74, 6) is -0.867. The summed E-state index contributed by atoms with van der Waals surface area (Å²) in [6.07, 6.45) is 4.18. The minimum absolute atomic E-state index is 0.0140. The molecule has 0 atom stereocenters. The zero-order valence-electron chi connectivity index (χ0n) is 11.7. The van der Waals surface area contributed by atoms with Gasteiger partial charge in [0.1, 0.15) is 5.78 Å². The Morgan fingerprint density at radius 1 is 1.32 bits per heavy atom. The van der Waals surface area contributed by atoms with Gasteiger partial charge in [-0.15, -0.1) is 0 Å². The molecule has 1 aliphatic carbocycles. The fraction of sp³-hybridized carbons (Fsp3) is 0.643. The number of hydrogen-bond acceptors (Lipinski definition) is 4. The lowest BCUT2D eigenvalue weighted by molar-refractivity contribution is -0.132. The maximum atomic E-state index is 11.6. The van der Waals surface area contributed by atoms with Gasteiger partial charge in [0.25, 0.3) is 0 Å². The molecule has 0 heterocycles. The average Bonchev–Trinajstić information content (AvgIpc) is 2.32. The summed E-state index contributed by atoms with van der Waals surface area (Å²) in [7, 11) is 0. The molecule has 1 saturated carbocycles. The maximum absolute atomic E-state index is 11.6. The summed E-state index contributed by atoms with van der Waals surface area (Å²) in [6, 6.07) is 0.182. The maximum Gasteiger partial charge on any atom is 0.338 e. The summed E-state index contributed by atoms with van der Waals surface area (Å²) >= 11 is 0. The van der Waals surface area contributed by atoms with Crippen molar-refractivity contribution in [1.29, 1.82) is 5.41 Å². The number of carbonyl (C=O) groups excluding carboxylic acids is 1. The van der Waals surface area contributed by atoms with Gasteiger partial charge < -0.3 is 15.8 Å². The largest absolute Gasteiger partial charge is 0.478 e. The minimum atomic E-state index is -1.09. The van der Waals surface area contributed by atoms with Crippen LogP contribution in [-0.4, -0.2) is 29.1 Å². The van der Waals surface area contributed by atoms with Crippen LogP contribution in [0.25, 0.3) is 0 Å². The van der Waals surface area contributed by atoms with Crippen molar-refractivity contribution in [2.24, 2.45) is 5.41 Å². The van der Waals surface area contributed by atoms with E-state index in [2.05, 4.69) is 5.32 Å². The number of nitrogens with one attached hydrogen (secondary N) is 2. The smallest absolute Gasteiger partial charge is 0.338 e. The fourth-order valence-electron chi connectivity index (χ4n) is 2.47. The van der Waals surface area contributed by atoms with Crippen LogP contribution in [0.5, 0.6) is 0 Å². The van der Waals surface area contributed by atoms with E-state index in [1.807, 2.05) is 6.92 Å². The highest BCUT2D eigenvalue weighted by Gasteiger charge is 2.34. The molecule has 106 valence electrons. The van der Waals surface area contributed by atoms with Crippen LogP contribution in [0.3, 0.4) is 0 Å². The molecule has 0 aromatic rings. The molecule has 0 unspecified atom stereocenters. The second-order valence-corrected chi connectivity index (χ2v) is 5.52. The number of ketones is 1. The normalized spacial score (nSPS) is 28.3. The molecule has 1 aliphatic rings. The number of carboxylic acids is 1. The number of hydrogen-bond donors (Lipinski definition) is 3. The molecule has 5 heteroatoms. The number of rotatable bonds is 5. The van der Waals surface area contributed by atoms with Crippen LogP contribution in [0.2, 0.25) is 0 Å². The Kier molecular flexibility index (Phi) is 4.86. The van der Waals surface area contributed by atoms with Gasteiger partial charge in [0.2, 0.25) is 0 Å². The van der Waals surface area contributed by atoms with Gasteiger partial charge in [0, 0.05) is 23.4 Å². The van der Waals surface area contributed by atoms with Crippen LogP contribution < -0.4 is 5.32 Å². The van der Waals surface area contributed by atoms with E-state index in [1.54, 1.807) is 13.8 Å². The third kappa shape index (κ3) is 3.66. The van der Waals surface area contributed by atoms with Gasteiger partial charge in [-0.05, 0) is 39.5 Å². The summed E-state index contributed by atoms with van der Waals surface area (Å²) in [5.41, 5.74) is 0.270. The van der Waals surface area contributed by atoms with Gasteiger partial charge in [-0.3, -0.25) is 4.79 Å². The number of allylic oxidation sites excluding steroid dienone is 1. The van der Waals surface area contributed by atoms with Crippen molar-refractivity contribution in [3.05, 3.63) is 11.3 Å². The zero-order chi connectivity index (χ0) is 14.6. The highest BCUT2D eigenvalue weighted by molar-refractivity contribution is 6.08. The SMILES string of the molecule is C/C(N[C@H]1CC[C@@](C)(C(C)=O)CC1)=C(/C=N)C(=O)O. The van der Waals surface area contributed by atoms with Crippen molar-refractivity contribution in [3.8, 4) is 0 Å². The molecule has 0 aromatic heterocycles. The standard InChI is InChI=1S/C14H22N2O3/c1-9(12(8-15)13(18)19)16-11-4-6-14(3,7-5-11)10(2)17/h8,11,15-16H,4-7H2,1-3H3,(H,18,19)/b12-9+,15-8?/t11-,14+. The predicted octanol–water partition coefficient (Wildman–Crippen LogP) is 2.12. The molecule has 0 aromatic carbocycles. The minimum Gasteiger partial charge on any atom is -0.478 e. The fourth-order valence-corrected chi connectivity index (χ4v) is 2.47. The Morgan fingerprint density at radius 2 is 1.84 bits per heavy atom. The molecule has 3 N–H and O–H groups in total. The Labute approximate surface area is 113 Å². The molecule has 5 nitrogen and oxygen atoms in total. The third-order valence-electron chi connectivity index (χ3n) is 4.14. The highest BCUT2D eigenvalue weighted by Crippen LogP contribution is 2.36. The number of Topliss-reactive ketones (excluding diaryl/α,β-unsaturated/α-hetero) is 1. The van der Waals surface area contributed by atoms with Gasteiger partial charge in [0.15, 0.2) is 0 Å². The molecule has 1 rings (SSSR count). The van der Waals surface area contributed by atoms with E-state index in [9.17, 15) is 9.59 Å². The lowest BCUT2D eigenvalue weighted by Gasteiger charge is -2.36. The Morgan fingerprint density at radius 3 is 2.21 bits per heavy atom. The van der Waals surface area contributed by atoms with Crippen LogP contribution in [0.4, 0.5) is 0 Å². The van der Waals surface area contributed by atoms with E-state index < -0.39 is 5.97 Å². The first-order valence-corrected chi connectivity index (χ1v) is 6.52. The van der Waals surface area contributed by atoms with E-state index in [-0.39, 0.29) is 22.8 Å². The van der Waals surface area contributed by atoms with Crippen LogP contribution in [-0.2, 0) is 9.59 Å². The molecular weight excluding hydrogens is 244 g/mol. The van der Waals surface area contributed by atoms with Crippen molar-refractivity contribution in [2.75, 3.05) is 0 Å². The van der Waals surface area contributed by atoms with E-state index in [4.69, 9.17) is 10.5 Å². The van der Waals surface area contributed by atoms with Crippen LogP contribution in [0, 0.1) is 10.8 Å². The predicted molar refractivity (Wildman–Crippen MR) is 73.3 cm³/mol. The molecule has 0 aliphatic heterocycles. The number of carboxylic acid groups (broad SMARTS) is 1. The molecule has 0 amide bonds. The van der Waals surface area contributed by atoms with Crippen molar-refractivity contribution in [3.63, 3.8) is 0 Å². The monoisotopic (exact) mass is 266 g/mol. The zero-order valence-corrected chi connectivity index (χ0v) is 11.7. The number of carbonyl (C=O) groups is 2. The lowest BCUT2D eigenvalue weighted by Crippen LogP contribution is -2.39. The molecule has 0 radical (unpaired) electrons. The first kappa shape index (κ1) is 15.4. The van der Waals surface area contributed by atoms with Gasteiger partial charge in [0.05, 0.1) is 5.57 Å². The van der Waals surface area contributed by atoms with Crippen molar-refractivity contribution in [2.45, 2.75) is 52.5 Å². The van der Waals surface area contributed by atoms with Crippen molar-refractivity contribution < 1.29 is 14.7 Å². The van der Waals surface area contributed by atoms with Crippen LogP contribution >= 0.6 is 0 Å². The van der Waals surface area contributed by atoms with E-state index >= 15 is 0 Å². The van der Waals surface area contributed by atoms with Crippen molar-refractivity contribution >= 4 is 18.0 Å². The summed E-state index contributed by atoms with van der Waals surface area (Å²) in [5, 5.41) is 19.2. The summed E-state index contributed by atoms with van der Waals surface area (Å²) in [6.45, 7) is 5.30. The number of aliphatic carboxylic acids is 1. The molecule has 0 spiro atoms. The summed E-state index contributed by atoms with van der Waals surface area (Å²) in [4.78, 5) is 22.5. The Bertz CT molecular complexity index is 418. The molecule has 1 fully saturated rings. The van der Waals surface area contributed by atoms with E-state index in [0.717, 1.165) is 31.9 Å². The van der Waals surface area contributed by atoms with Crippen LogP contribution in [0.15, 0.2) is 11.3 Å². The van der Waals surface area contributed by atoms with E-state index in [1.165, 1.54) is 0 Å². The lowest BCUT2D eigenvalue weighted by atomic mass is 9.71. The third-order valence-corrected chi connectivity index (χ3v) is 4.14.